The topological polar surface area (TPSA) is 70.1 Å². The van der Waals surface area contributed by atoms with Crippen LogP contribution in [0.5, 0.6) is 0 Å². The van der Waals surface area contributed by atoms with Crippen molar-refractivity contribution in [1.82, 2.24) is 19.9 Å². The molecule has 0 atom stereocenters. The van der Waals surface area contributed by atoms with Crippen LogP contribution in [0.2, 0.25) is 0 Å². The van der Waals surface area contributed by atoms with Gasteiger partial charge in [-0.15, -0.1) is 0 Å². The van der Waals surface area contributed by atoms with Gasteiger partial charge in [0.15, 0.2) is 0 Å². The normalized spacial score (nSPS) is 10.8. The minimum atomic E-state index is 0. The summed E-state index contributed by atoms with van der Waals surface area (Å²) in [6.07, 6.45) is 0. The van der Waals surface area contributed by atoms with E-state index in [0.29, 0.717) is 0 Å². The van der Waals surface area contributed by atoms with Crippen LogP contribution >= 0.6 is 31.9 Å². The summed E-state index contributed by atoms with van der Waals surface area (Å²) in [7, 11) is 0. The van der Waals surface area contributed by atoms with Crippen molar-refractivity contribution in [2.24, 2.45) is 0 Å². The average molecular weight is 1700 g/mol. The predicted molar refractivity (Wildman–Crippen MR) is 521 cm³/mol. The number of para-hydroxylation sites is 4. The fourth-order valence-electron chi connectivity index (χ4n) is 15.1. The lowest BCUT2D eigenvalue weighted by Crippen LogP contribution is -2.10. The SMILES string of the molecule is Brc1ccc(-c2nc3ccccc3nc2-c2ccc(Br)cc2)cc1.C.c1ccc(-c2ccc(N(c3ccc(-c4ccccc4)cc3)c3ccc(-c4nc5ccccc5nc4-c4ccc(N(c5ccc(-c6ccccc6)cc5)c5ccc(-c6ccccc6)cc5)cc4)cc3)cc2)cc1.c1ccc(-c2ccc(Nc3ccc(-c4ccccc4)cc3)cc2)cc1. The molecule has 7 nitrogen and oxygen atoms in total. The van der Waals surface area contributed by atoms with Crippen molar-refractivity contribution in [3.63, 3.8) is 0 Å². The van der Waals surface area contributed by atoms with E-state index >= 15 is 0 Å². The molecular weight excluding hydrogens is 1620 g/mol. The lowest BCUT2D eigenvalue weighted by Gasteiger charge is -2.26. The molecule has 18 aromatic carbocycles. The molecule has 2 heterocycles. The Balaban J connectivity index is 0.000000171. The molecule has 122 heavy (non-hydrogen) atoms. The number of fused-ring (bicyclic) bond motifs is 2. The molecule has 584 valence electrons. The van der Waals surface area contributed by atoms with Crippen molar-refractivity contribution < 1.29 is 0 Å². The lowest BCUT2D eigenvalue weighted by atomic mass is 10.0. The number of aromatic nitrogens is 4. The van der Waals surface area contributed by atoms with Crippen molar-refractivity contribution in [2.45, 2.75) is 7.43 Å². The molecule has 0 radical (unpaired) electrons. The van der Waals surface area contributed by atoms with Gasteiger partial charge in [0.05, 0.1) is 44.8 Å². The molecule has 0 saturated heterocycles. The van der Waals surface area contributed by atoms with E-state index in [9.17, 15) is 0 Å². The number of hydrogen-bond donors (Lipinski definition) is 1. The summed E-state index contributed by atoms with van der Waals surface area (Å²) in [6, 6.07) is 165. The Kier molecular flexibility index (Phi) is 24.6. The van der Waals surface area contributed by atoms with Crippen LogP contribution < -0.4 is 15.1 Å². The van der Waals surface area contributed by atoms with Gasteiger partial charge < -0.3 is 15.1 Å². The Morgan fingerprint density at radius 1 is 0.156 bits per heavy atom. The second-order valence-electron chi connectivity index (χ2n) is 29.3. The fourth-order valence-corrected chi connectivity index (χ4v) is 15.6. The highest BCUT2D eigenvalue weighted by atomic mass is 79.9. The molecule has 0 aliphatic heterocycles. The molecule has 0 amide bonds. The quantitative estimate of drug-likeness (QED) is 0.0918. The highest BCUT2D eigenvalue weighted by Crippen LogP contribution is 2.43. The van der Waals surface area contributed by atoms with E-state index in [0.717, 1.165) is 122 Å². The summed E-state index contributed by atoms with van der Waals surface area (Å²) in [6.45, 7) is 0. The first-order valence-corrected chi connectivity index (χ1v) is 41.9. The van der Waals surface area contributed by atoms with Gasteiger partial charge in [0, 0.05) is 76.7 Å². The maximum Gasteiger partial charge on any atom is 0.0973 e. The van der Waals surface area contributed by atoms with Crippen LogP contribution in [0.15, 0.2) is 482 Å². The first-order valence-electron chi connectivity index (χ1n) is 40.3. The minimum Gasteiger partial charge on any atom is -0.356 e. The Hall–Kier alpha value is -15.0. The molecule has 0 fully saturated rings. The molecule has 9 heteroatoms. The standard InChI is InChI=1S/C68H48N4.C24H19N.C20H12Br2N2.CH4/c1-5-15-49(16-6-1)53-25-37-59(38-26-53)71(60-39-27-54(28-40-60)50-17-7-2-8-18-50)63-45-33-57(34-46-63)67-68(70-66-24-14-13-23-65(66)69-67)58-35-47-64(48-36-58)72(61-41-29-55(30-42-61)51-19-9-3-10-20-51)62-43-31-56(32-44-62)52-21-11-4-12-22-52;1-3-7-19(8-4-1)21-11-15-23(16-12-21)25-24-17-13-22(14-18-24)20-9-5-2-6-10-20;21-15-9-5-13(6-10-15)19-20(14-7-11-16(22)12-8-14)24-18-4-2-1-3-17(18)23-19;/h1-48H;1-18,25H;1-12H;1H4. The molecule has 0 saturated carbocycles. The number of nitrogens with zero attached hydrogens (tertiary/aromatic N) is 6. The summed E-state index contributed by atoms with van der Waals surface area (Å²) in [5.74, 6) is 0. The number of anilines is 8. The van der Waals surface area contributed by atoms with Crippen molar-refractivity contribution >= 4 is 99.4 Å². The highest BCUT2D eigenvalue weighted by Gasteiger charge is 2.21. The zero-order valence-corrected chi connectivity index (χ0v) is 69.1. The van der Waals surface area contributed by atoms with E-state index in [1.807, 2.05) is 84.9 Å². The summed E-state index contributed by atoms with van der Waals surface area (Å²) in [5, 5.41) is 3.46. The van der Waals surface area contributed by atoms with E-state index in [1.54, 1.807) is 0 Å². The molecule has 0 spiro atoms. The molecule has 2 aromatic heterocycles. The minimum absolute atomic E-state index is 0. The van der Waals surface area contributed by atoms with Gasteiger partial charge in [-0.05, 0) is 212 Å². The van der Waals surface area contributed by atoms with E-state index in [4.69, 9.17) is 19.9 Å². The summed E-state index contributed by atoms with van der Waals surface area (Å²) < 4.78 is 2.09. The van der Waals surface area contributed by atoms with Crippen molar-refractivity contribution in [1.29, 1.82) is 0 Å². The molecule has 0 bridgehead atoms. The van der Waals surface area contributed by atoms with Crippen LogP contribution in [0.3, 0.4) is 0 Å². The maximum absolute atomic E-state index is 5.32. The van der Waals surface area contributed by atoms with Gasteiger partial charge in [0.2, 0.25) is 0 Å². The molecular formula is C113H83Br2N7. The van der Waals surface area contributed by atoms with Gasteiger partial charge in [-0.25, -0.2) is 19.9 Å². The summed E-state index contributed by atoms with van der Waals surface area (Å²) >= 11 is 6.98. The van der Waals surface area contributed by atoms with Gasteiger partial charge >= 0.3 is 0 Å². The van der Waals surface area contributed by atoms with E-state index < -0.39 is 0 Å². The van der Waals surface area contributed by atoms with Gasteiger partial charge in [0.25, 0.3) is 0 Å². The Labute approximate surface area is 730 Å². The van der Waals surface area contributed by atoms with Gasteiger partial charge in [-0.1, -0.05) is 367 Å². The molecule has 0 aliphatic carbocycles. The number of halogens is 2. The maximum atomic E-state index is 5.32. The van der Waals surface area contributed by atoms with Gasteiger partial charge in [0.1, 0.15) is 0 Å². The van der Waals surface area contributed by atoms with Crippen molar-refractivity contribution in [3.8, 4) is 112 Å². The van der Waals surface area contributed by atoms with Crippen molar-refractivity contribution in [2.75, 3.05) is 15.1 Å². The summed E-state index contributed by atoms with van der Waals surface area (Å²) in [5.41, 5.74) is 33.9. The average Bonchev–Trinajstić information content (AvgIpc) is 0.766. The van der Waals surface area contributed by atoms with Crippen LogP contribution in [-0.4, -0.2) is 19.9 Å². The van der Waals surface area contributed by atoms with Gasteiger partial charge in [-0.2, -0.15) is 0 Å². The number of benzene rings is 18. The number of hydrogen-bond acceptors (Lipinski definition) is 7. The molecule has 20 aromatic rings. The van der Waals surface area contributed by atoms with Crippen molar-refractivity contribution in [3.05, 3.63) is 482 Å². The molecule has 1 N–H and O–H groups in total. The molecule has 20 rings (SSSR count). The number of rotatable bonds is 18. The first-order chi connectivity index (χ1) is 59.8. The first kappa shape index (κ1) is 79.5. The molecule has 0 unspecified atom stereocenters. The Bertz CT molecular complexity index is 6220. The summed E-state index contributed by atoms with van der Waals surface area (Å²) in [4.78, 5) is 25.0. The largest absolute Gasteiger partial charge is 0.356 e. The van der Waals surface area contributed by atoms with E-state index in [1.165, 1.54) is 66.8 Å². The van der Waals surface area contributed by atoms with Gasteiger partial charge in [-0.3, -0.25) is 0 Å². The predicted octanol–water partition coefficient (Wildman–Crippen LogP) is 32.5. The monoisotopic (exact) mass is 1700 g/mol. The molecule has 0 aliphatic rings. The highest BCUT2D eigenvalue weighted by molar-refractivity contribution is 9.10. The third-order valence-corrected chi connectivity index (χ3v) is 22.4. The third kappa shape index (κ3) is 18.6. The second-order valence-corrected chi connectivity index (χ2v) is 31.1. The Morgan fingerprint density at radius 2 is 0.303 bits per heavy atom. The van der Waals surface area contributed by atoms with Crippen LogP contribution in [0, 0.1) is 0 Å². The van der Waals surface area contributed by atoms with E-state index in [2.05, 4.69) is 435 Å². The van der Waals surface area contributed by atoms with Crippen LogP contribution in [0.4, 0.5) is 45.5 Å². The zero-order valence-electron chi connectivity index (χ0n) is 66.0. The lowest BCUT2D eigenvalue weighted by molar-refractivity contribution is 1.26. The zero-order chi connectivity index (χ0) is 81.5. The smallest absolute Gasteiger partial charge is 0.0973 e. The number of nitrogens with one attached hydrogen (secondary N) is 1. The third-order valence-electron chi connectivity index (χ3n) is 21.4. The fraction of sp³-hybridized carbons (Fsp3) is 0.00885. The second kappa shape index (κ2) is 37.7. The van der Waals surface area contributed by atoms with Crippen LogP contribution in [0.1, 0.15) is 7.43 Å². The van der Waals surface area contributed by atoms with E-state index in [-0.39, 0.29) is 7.43 Å². The van der Waals surface area contributed by atoms with Crippen LogP contribution in [0.25, 0.3) is 134 Å². The van der Waals surface area contributed by atoms with Crippen LogP contribution in [-0.2, 0) is 0 Å². The Morgan fingerprint density at radius 3 is 0.492 bits per heavy atom.